The number of imide groups is 1. The molecule has 0 unspecified atom stereocenters. The molecule has 1 aliphatic heterocycles. The van der Waals surface area contributed by atoms with E-state index in [1.165, 1.54) is 7.11 Å². The Morgan fingerprint density at radius 3 is 2.52 bits per heavy atom. The fourth-order valence-corrected chi connectivity index (χ4v) is 3.83. The summed E-state index contributed by atoms with van der Waals surface area (Å²) < 4.78 is 10.5. The van der Waals surface area contributed by atoms with Crippen LogP contribution in [-0.4, -0.2) is 30.3 Å². The molecule has 0 aromatic heterocycles. The van der Waals surface area contributed by atoms with E-state index < -0.39 is 0 Å². The number of carbonyl (C=O) groups excluding carboxylic acids is 2. The van der Waals surface area contributed by atoms with Crippen molar-refractivity contribution in [2.45, 2.75) is 6.54 Å². The minimum atomic E-state index is -0.381. The van der Waals surface area contributed by atoms with E-state index in [2.05, 4.69) is 0 Å². The second kappa shape index (κ2) is 8.25. The summed E-state index contributed by atoms with van der Waals surface area (Å²) in [6.07, 6.45) is 1.63. The molecular formula is C19H15Cl2NO4S. The van der Waals surface area contributed by atoms with Crippen LogP contribution in [0.2, 0.25) is 10.0 Å². The van der Waals surface area contributed by atoms with Gasteiger partial charge in [0.1, 0.15) is 11.5 Å². The fraction of sp³-hybridized carbons (Fsp3) is 0.158. The highest BCUT2D eigenvalue weighted by Gasteiger charge is 2.35. The highest BCUT2D eigenvalue weighted by molar-refractivity contribution is 8.18. The number of halogens is 2. The molecule has 140 valence electrons. The van der Waals surface area contributed by atoms with Crippen LogP contribution in [-0.2, 0) is 11.3 Å². The number of carbonyl (C=O) groups is 2. The van der Waals surface area contributed by atoms with Crippen molar-refractivity contribution >= 4 is 52.2 Å². The predicted octanol–water partition coefficient (Wildman–Crippen LogP) is 5.25. The Morgan fingerprint density at radius 2 is 1.85 bits per heavy atom. The molecule has 3 rings (SSSR count). The third-order valence-electron chi connectivity index (χ3n) is 3.94. The van der Waals surface area contributed by atoms with E-state index in [9.17, 15) is 9.59 Å². The third kappa shape index (κ3) is 4.24. The summed E-state index contributed by atoms with van der Waals surface area (Å²) >= 11 is 12.9. The largest absolute Gasteiger partial charge is 0.497 e. The summed E-state index contributed by atoms with van der Waals surface area (Å²) in [7, 11) is 3.09. The minimum absolute atomic E-state index is 0.0811. The molecule has 0 radical (unpaired) electrons. The number of nitrogens with zero attached hydrogens (tertiary/aromatic N) is 1. The van der Waals surface area contributed by atoms with Gasteiger partial charge in [-0.2, -0.15) is 0 Å². The summed E-state index contributed by atoms with van der Waals surface area (Å²) in [4.78, 5) is 26.5. The number of methoxy groups -OCH3 is 2. The fourth-order valence-electron chi connectivity index (χ4n) is 2.54. The zero-order valence-corrected chi connectivity index (χ0v) is 16.8. The second-order valence-electron chi connectivity index (χ2n) is 5.61. The first-order valence-corrected chi connectivity index (χ1v) is 9.41. The van der Waals surface area contributed by atoms with Gasteiger partial charge in [-0.25, -0.2) is 0 Å². The summed E-state index contributed by atoms with van der Waals surface area (Å²) in [5.74, 6) is 0.797. The van der Waals surface area contributed by atoms with E-state index in [0.717, 1.165) is 16.7 Å². The Morgan fingerprint density at radius 1 is 1.07 bits per heavy atom. The van der Waals surface area contributed by atoms with Crippen LogP contribution < -0.4 is 9.47 Å². The Balaban J connectivity index is 1.86. The van der Waals surface area contributed by atoms with Crippen LogP contribution in [0.4, 0.5) is 4.79 Å². The van der Waals surface area contributed by atoms with Crippen LogP contribution in [0.25, 0.3) is 6.08 Å². The zero-order chi connectivity index (χ0) is 19.6. The standard InChI is InChI=1S/C19H15Cl2NO4S/c1-25-14-6-4-11(16(9-14)26-2)7-17-18(23)22(19(24)27-17)10-12-3-5-13(20)8-15(12)21/h3-9H,10H2,1-2H3/b17-7+. The molecule has 2 aromatic rings. The molecule has 0 saturated carbocycles. The summed E-state index contributed by atoms with van der Waals surface area (Å²) in [5.41, 5.74) is 1.32. The lowest BCUT2D eigenvalue weighted by molar-refractivity contribution is -0.123. The van der Waals surface area contributed by atoms with Gasteiger partial charge in [-0.05, 0) is 47.7 Å². The zero-order valence-electron chi connectivity index (χ0n) is 14.5. The van der Waals surface area contributed by atoms with E-state index >= 15 is 0 Å². The summed E-state index contributed by atoms with van der Waals surface area (Å²) in [5, 5.41) is 0.538. The van der Waals surface area contributed by atoms with Crippen LogP contribution in [0.15, 0.2) is 41.3 Å². The van der Waals surface area contributed by atoms with E-state index in [4.69, 9.17) is 32.7 Å². The summed E-state index contributed by atoms with van der Waals surface area (Å²) in [6.45, 7) is 0.0811. The van der Waals surface area contributed by atoms with Gasteiger partial charge in [0.25, 0.3) is 11.1 Å². The maximum atomic E-state index is 12.7. The first-order valence-electron chi connectivity index (χ1n) is 7.84. The van der Waals surface area contributed by atoms with Crippen LogP contribution in [0, 0.1) is 0 Å². The van der Waals surface area contributed by atoms with Crippen molar-refractivity contribution in [3.05, 3.63) is 62.5 Å². The monoisotopic (exact) mass is 423 g/mol. The Kier molecular flexibility index (Phi) is 5.99. The number of rotatable bonds is 5. The van der Waals surface area contributed by atoms with Gasteiger partial charge < -0.3 is 9.47 Å². The van der Waals surface area contributed by atoms with Gasteiger partial charge in [0.15, 0.2) is 0 Å². The Hall–Kier alpha value is -2.15. The molecular weight excluding hydrogens is 409 g/mol. The third-order valence-corrected chi connectivity index (χ3v) is 5.44. The molecule has 8 heteroatoms. The van der Waals surface area contributed by atoms with Gasteiger partial charge in [-0.3, -0.25) is 14.5 Å². The number of hydrogen-bond donors (Lipinski definition) is 0. The molecule has 1 saturated heterocycles. The SMILES string of the molecule is COc1ccc(/C=C2/SC(=O)N(Cc3ccc(Cl)cc3Cl)C2=O)c(OC)c1. The quantitative estimate of drug-likeness (QED) is 0.614. The number of benzene rings is 2. The number of thioether (sulfide) groups is 1. The summed E-state index contributed by atoms with van der Waals surface area (Å²) in [6, 6.07) is 10.2. The number of amides is 2. The van der Waals surface area contributed by atoms with Gasteiger partial charge in [-0.1, -0.05) is 29.3 Å². The van der Waals surface area contributed by atoms with Crippen molar-refractivity contribution in [2.24, 2.45) is 0 Å². The van der Waals surface area contributed by atoms with Crippen molar-refractivity contribution in [3.63, 3.8) is 0 Å². The molecule has 1 aliphatic rings. The van der Waals surface area contributed by atoms with Crippen molar-refractivity contribution in [1.29, 1.82) is 0 Å². The average Bonchev–Trinajstić information content (AvgIpc) is 2.91. The smallest absolute Gasteiger partial charge is 0.293 e. The van der Waals surface area contributed by atoms with E-state index in [1.54, 1.807) is 49.6 Å². The van der Waals surface area contributed by atoms with Gasteiger partial charge in [0.2, 0.25) is 0 Å². The van der Waals surface area contributed by atoms with E-state index in [0.29, 0.717) is 37.6 Å². The van der Waals surface area contributed by atoms with Gasteiger partial charge in [0.05, 0.1) is 25.7 Å². The molecule has 0 aliphatic carbocycles. The molecule has 5 nitrogen and oxygen atoms in total. The molecule has 1 heterocycles. The van der Waals surface area contributed by atoms with Gasteiger partial charge in [-0.15, -0.1) is 0 Å². The van der Waals surface area contributed by atoms with Crippen LogP contribution in [0.1, 0.15) is 11.1 Å². The van der Waals surface area contributed by atoms with Gasteiger partial charge >= 0.3 is 0 Å². The Bertz CT molecular complexity index is 945. The number of ether oxygens (including phenoxy) is 2. The molecule has 0 N–H and O–H groups in total. The molecule has 1 fully saturated rings. The maximum Gasteiger partial charge on any atom is 0.293 e. The van der Waals surface area contributed by atoms with Crippen molar-refractivity contribution in [3.8, 4) is 11.5 Å². The lowest BCUT2D eigenvalue weighted by atomic mass is 10.1. The average molecular weight is 424 g/mol. The van der Waals surface area contributed by atoms with Gasteiger partial charge in [0, 0.05) is 21.7 Å². The highest BCUT2D eigenvalue weighted by atomic mass is 35.5. The maximum absolute atomic E-state index is 12.7. The molecule has 0 bridgehead atoms. The van der Waals surface area contributed by atoms with E-state index in [1.807, 2.05) is 0 Å². The highest BCUT2D eigenvalue weighted by Crippen LogP contribution is 2.36. The molecule has 0 atom stereocenters. The lowest BCUT2D eigenvalue weighted by Crippen LogP contribution is -2.27. The molecule has 27 heavy (non-hydrogen) atoms. The van der Waals surface area contributed by atoms with E-state index in [-0.39, 0.29) is 17.7 Å². The topological polar surface area (TPSA) is 55.8 Å². The molecule has 0 spiro atoms. The molecule has 2 amide bonds. The van der Waals surface area contributed by atoms with Crippen molar-refractivity contribution in [1.82, 2.24) is 4.90 Å². The lowest BCUT2D eigenvalue weighted by Gasteiger charge is -2.13. The van der Waals surface area contributed by atoms with Crippen LogP contribution in [0.3, 0.4) is 0 Å². The van der Waals surface area contributed by atoms with Crippen LogP contribution in [0.5, 0.6) is 11.5 Å². The minimum Gasteiger partial charge on any atom is -0.497 e. The predicted molar refractivity (Wildman–Crippen MR) is 108 cm³/mol. The number of hydrogen-bond acceptors (Lipinski definition) is 5. The van der Waals surface area contributed by atoms with Crippen molar-refractivity contribution in [2.75, 3.05) is 14.2 Å². The Labute approximate surface area is 170 Å². The first-order chi connectivity index (χ1) is 12.9. The first kappa shape index (κ1) is 19.6. The second-order valence-corrected chi connectivity index (χ2v) is 7.45. The molecule has 2 aromatic carbocycles. The van der Waals surface area contributed by atoms with Crippen molar-refractivity contribution < 1.29 is 19.1 Å². The van der Waals surface area contributed by atoms with Crippen LogP contribution >= 0.6 is 35.0 Å². The normalized spacial score (nSPS) is 15.6.